The molecule has 1 atom stereocenters. The molecule has 2 rings (SSSR count). The van der Waals surface area contributed by atoms with Crippen LogP contribution >= 0.6 is 23.2 Å². The smallest absolute Gasteiger partial charge is 0.387 e. The summed E-state index contributed by atoms with van der Waals surface area (Å²) in [5, 5.41) is 4.43. The van der Waals surface area contributed by atoms with Gasteiger partial charge in [-0.15, -0.1) is 0 Å². The first-order valence-corrected chi connectivity index (χ1v) is 6.97. The van der Waals surface area contributed by atoms with Crippen LogP contribution in [0.5, 0.6) is 5.75 Å². The van der Waals surface area contributed by atoms with Crippen molar-refractivity contribution < 1.29 is 13.5 Å². The third kappa shape index (κ3) is 4.48. The Kier molecular flexibility index (Phi) is 5.26. The monoisotopic (exact) mass is 331 g/mol. The minimum Gasteiger partial charge on any atom is -0.435 e. The number of nitrogens with one attached hydrogen (secondary N) is 1. The van der Waals surface area contributed by atoms with E-state index < -0.39 is 6.61 Å². The van der Waals surface area contributed by atoms with E-state index in [-0.39, 0.29) is 11.8 Å². The second-order valence-electron chi connectivity index (χ2n) is 4.43. The minimum atomic E-state index is -2.83. The standard InChI is InChI=1S/C15H13Cl2F2NO/c1-9(13-8-10(16)2-7-14(13)17)20-11-3-5-12(6-4-11)21-15(18)19/h2-9,15,20H,1H3. The summed E-state index contributed by atoms with van der Waals surface area (Å²) in [7, 11) is 0. The molecule has 0 aliphatic carbocycles. The van der Waals surface area contributed by atoms with Crippen LogP contribution in [-0.2, 0) is 0 Å². The predicted octanol–water partition coefficient (Wildman–Crippen LogP) is 5.77. The van der Waals surface area contributed by atoms with Crippen LogP contribution in [0.4, 0.5) is 14.5 Å². The van der Waals surface area contributed by atoms with Crippen molar-refractivity contribution in [3.05, 3.63) is 58.1 Å². The summed E-state index contributed by atoms with van der Waals surface area (Å²) in [6, 6.07) is 11.4. The molecule has 0 heterocycles. The lowest BCUT2D eigenvalue weighted by Crippen LogP contribution is -2.07. The third-order valence-corrected chi connectivity index (χ3v) is 3.47. The van der Waals surface area contributed by atoms with E-state index in [1.807, 2.05) is 6.92 Å². The second-order valence-corrected chi connectivity index (χ2v) is 5.28. The molecule has 2 aromatic rings. The van der Waals surface area contributed by atoms with Gasteiger partial charge < -0.3 is 10.1 Å². The van der Waals surface area contributed by atoms with E-state index in [0.717, 1.165) is 11.3 Å². The van der Waals surface area contributed by atoms with E-state index in [2.05, 4.69) is 10.1 Å². The number of benzene rings is 2. The Bertz CT molecular complexity index is 605. The summed E-state index contributed by atoms with van der Waals surface area (Å²) in [6.07, 6.45) is 0. The first kappa shape index (κ1) is 15.9. The van der Waals surface area contributed by atoms with Gasteiger partial charge in [0.25, 0.3) is 0 Å². The largest absolute Gasteiger partial charge is 0.435 e. The fraction of sp³-hybridized carbons (Fsp3) is 0.200. The van der Waals surface area contributed by atoms with Crippen molar-refractivity contribution in [1.82, 2.24) is 0 Å². The lowest BCUT2D eigenvalue weighted by Gasteiger charge is -2.17. The highest BCUT2D eigenvalue weighted by atomic mass is 35.5. The Balaban J connectivity index is 2.08. The van der Waals surface area contributed by atoms with Crippen LogP contribution in [0.2, 0.25) is 10.0 Å². The van der Waals surface area contributed by atoms with Crippen molar-refractivity contribution in [2.75, 3.05) is 5.32 Å². The van der Waals surface area contributed by atoms with Gasteiger partial charge in [-0.3, -0.25) is 0 Å². The van der Waals surface area contributed by atoms with E-state index in [9.17, 15) is 8.78 Å². The molecule has 0 spiro atoms. The maximum Gasteiger partial charge on any atom is 0.387 e. The van der Waals surface area contributed by atoms with Gasteiger partial charge in [-0.2, -0.15) is 8.78 Å². The van der Waals surface area contributed by atoms with Crippen LogP contribution in [0.1, 0.15) is 18.5 Å². The Labute approximate surface area is 131 Å². The van der Waals surface area contributed by atoms with E-state index in [1.54, 1.807) is 30.3 Å². The van der Waals surface area contributed by atoms with Crippen molar-refractivity contribution in [3.63, 3.8) is 0 Å². The molecule has 21 heavy (non-hydrogen) atoms. The molecule has 0 saturated heterocycles. The average molecular weight is 332 g/mol. The number of ether oxygens (including phenoxy) is 1. The molecule has 0 fully saturated rings. The quantitative estimate of drug-likeness (QED) is 0.751. The summed E-state index contributed by atoms with van der Waals surface area (Å²) in [4.78, 5) is 0. The molecule has 2 nitrogen and oxygen atoms in total. The number of rotatable bonds is 5. The highest BCUT2D eigenvalue weighted by molar-refractivity contribution is 6.33. The number of alkyl halides is 2. The number of hydrogen-bond acceptors (Lipinski definition) is 2. The van der Waals surface area contributed by atoms with Crippen LogP contribution in [0.3, 0.4) is 0 Å². The van der Waals surface area contributed by atoms with E-state index in [0.29, 0.717) is 10.0 Å². The van der Waals surface area contributed by atoms with Gasteiger partial charge in [0.1, 0.15) is 5.75 Å². The summed E-state index contributed by atoms with van der Waals surface area (Å²) in [5.41, 5.74) is 1.62. The van der Waals surface area contributed by atoms with Crippen LogP contribution in [0.15, 0.2) is 42.5 Å². The Morgan fingerprint density at radius 1 is 1.05 bits per heavy atom. The van der Waals surface area contributed by atoms with Gasteiger partial charge in [0.15, 0.2) is 0 Å². The molecule has 6 heteroatoms. The molecule has 1 N–H and O–H groups in total. The zero-order valence-electron chi connectivity index (χ0n) is 11.1. The van der Waals surface area contributed by atoms with Crippen molar-refractivity contribution >= 4 is 28.9 Å². The highest BCUT2D eigenvalue weighted by Crippen LogP contribution is 2.29. The van der Waals surface area contributed by atoms with E-state index >= 15 is 0 Å². The van der Waals surface area contributed by atoms with Crippen LogP contribution in [0, 0.1) is 0 Å². The van der Waals surface area contributed by atoms with Gasteiger partial charge in [-0.05, 0) is 55.0 Å². The molecule has 0 bridgehead atoms. The van der Waals surface area contributed by atoms with Crippen molar-refractivity contribution in [3.8, 4) is 5.75 Å². The second kappa shape index (κ2) is 6.96. The first-order valence-electron chi connectivity index (χ1n) is 6.22. The average Bonchev–Trinajstić information content (AvgIpc) is 2.43. The SMILES string of the molecule is CC(Nc1ccc(OC(F)F)cc1)c1cc(Cl)ccc1Cl. The topological polar surface area (TPSA) is 21.3 Å². The summed E-state index contributed by atoms with van der Waals surface area (Å²) < 4.78 is 28.4. The summed E-state index contributed by atoms with van der Waals surface area (Å²) >= 11 is 12.1. The normalized spacial score (nSPS) is 12.3. The number of hydrogen-bond donors (Lipinski definition) is 1. The van der Waals surface area contributed by atoms with Crippen molar-refractivity contribution in [1.29, 1.82) is 0 Å². The molecular weight excluding hydrogens is 319 g/mol. The fourth-order valence-corrected chi connectivity index (χ4v) is 2.37. The lowest BCUT2D eigenvalue weighted by molar-refractivity contribution is -0.0498. The van der Waals surface area contributed by atoms with Crippen LogP contribution in [0.25, 0.3) is 0 Å². The molecule has 0 amide bonds. The Hall–Kier alpha value is -1.52. The molecule has 0 aliphatic rings. The molecule has 0 radical (unpaired) electrons. The maximum atomic E-state index is 12.1. The van der Waals surface area contributed by atoms with Crippen LogP contribution < -0.4 is 10.1 Å². The van der Waals surface area contributed by atoms with Gasteiger partial charge in [0.2, 0.25) is 0 Å². The van der Waals surface area contributed by atoms with Gasteiger partial charge in [0, 0.05) is 15.7 Å². The summed E-state index contributed by atoms with van der Waals surface area (Å²) in [6.45, 7) is -0.894. The maximum absolute atomic E-state index is 12.1. The Morgan fingerprint density at radius 2 is 1.71 bits per heavy atom. The lowest BCUT2D eigenvalue weighted by atomic mass is 10.1. The van der Waals surface area contributed by atoms with Crippen molar-refractivity contribution in [2.24, 2.45) is 0 Å². The molecule has 0 saturated carbocycles. The third-order valence-electron chi connectivity index (χ3n) is 2.89. The van der Waals surface area contributed by atoms with Gasteiger partial charge in [-0.1, -0.05) is 23.2 Å². The fourth-order valence-electron chi connectivity index (χ4n) is 1.91. The molecule has 112 valence electrons. The zero-order valence-corrected chi connectivity index (χ0v) is 12.6. The molecule has 0 aromatic heterocycles. The minimum absolute atomic E-state index is 0.0851. The van der Waals surface area contributed by atoms with Gasteiger partial charge in [0.05, 0.1) is 6.04 Å². The van der Waals surface area contributed by atoms with Crippen LogP contribution in [-0.4, -0.2) is 6.61 Å². The predicted molar refractivity (Wildman–Crippen MR) is 81.6 cm³/mol. The Morgan fingerprint density at radius 3 is 2.33 bits per heavy atom. The van der Waals surface area contributed by atoms with E-state index in [1.165, 1.54) is 12.1 Å². The molecule has 0 aliphatic heterocycles. The molecule has 1 unspecified atom stereocenters. The van der Waals surface area contributed by atoms with Gasteiger partial charge in [-0.25, -0.2) is 0 Å². The molecule has 2 aromatic carbocycles. The van der Waals surface area contributed by atoms with Gasteiger partial charge >= 0.3 is 6.61 Å². The zero-order chi connectivity index (χ0) is 15.4. The first-order chi connectivity index (χ1) is 9.95. The number of halogens is 4. The van der Waals surface area contributed by atoms with Crippen molar-refractivity contribution in [2.45, 2.75) is 19.6 Å². The molecular formula is C15H13Cl2F2NO. The summed E-state index contributed by atoms with van der Waals surface area (Å²) in [5.74, 6) is 0.115. The van der Waals surface area contributed by atoms with E-state index in [4.69, 9.17) is 23.2 Å². The highest BCUT2D eigenvalue weighted by Gasteiger charge is 2.11. The number of anilines is 1.